The second-order valence-corrected chi connectivity index (χ2v) is 5.53. The van der Waals surface area contributed by atoms with Crippen LogP contribution in [0.5, 0.6) is 0 Å². The number of nitro benzene ring substituents is 1. The predicted molar refractivity (Wildman–Crippen MR) is 83.3 cm³/mol. The normalized spacial score (nSPS) is 17.4. The maximum absolute atomic E-state index is 12.4. The second-order valence-electron chi connectivity index (χ2n) is 5.53. The van der Waals surface area contributed by atoms with Crippen LogP contribution in [0.1, 0.15) is 16.9 Å². The Morgan fingerprint density at radius 3 is 2.87 bits per heavy atom. The van der Waals surface area contributed by atoms with Crippen LogP contribution in [0.25, 0.3) is 5.69 Å². The fourth-order valence-electron chi connectivity index (χ4n) is 2.76. The van der Waals surface area contributed by atoms with Gasteiger partial charge in [-0.2, -0.15) is 5.10 Å². The van der Waals surface area contributed by atoms with Crippen molar-refractivity contribution in [2.24, 2.45) is 11.7 Å². The Labute approximate surface area is 132 Å². The highest BCUT2D eigenvalue weighted by molar-refractivity contribution is 5.92. The fourth-order valence-corrected chi connectivity index (χ4v) is 2.76. The van der Waals surface area contributed by atoms with Crippen molar-refractivity contribution in [3.63, 3.8) is 0 Å². The molecule has 3 rings (SSSR count). The van der Waals surface area contributed by atoms with Crippen LogP contribution in [0.15, 0.2) is 36.5 Å². The van der Waals surface area contributed by atoms with Crippen LogP contribution in [0.2, 0.25) is 0 Å². The Balaban J connectivity index is 1.84. The molecule has 1 atom stereocenters. The van der Waals surface area contributed by atoms with Crippen LogP contribution in [0.4, 0.5) is 5.69 Å². The van der Waals surface area contributed by atoms with Crippen molar-refractivity contribution in [2.45, 2.75) is 6.42 Å². The molecular weight excluding hydrogens is 298 g/mol. The fraction of sp³-hybridized carbons (Fsp3) is 0.333. The number of nitrogens with zero attached hydrogens (tertiary/aromatic N) is 4. The van der Waals surface area contributed by atoms with Crippen molar-refractivity contribution in [2.75, 3.05) is 19.6 Å². The van der Waals surface area contributed by atoms with Crippen LogP contribution in [0, 0.1) is 16.0 Å². The zero-order chi connectivity index (χ0) is 16.4. The second kappa shape index (κ2) is 6.17. The molecule has 2 heterocycles. The summed E-state index contributed by atoms with van der Waals surface area (Å²) in [6.07, 6.45) is 2.46. The van der Waals surface area contributed by atoms with E-state index in [1.54, 1.807) is 35.4 Å². The minimum atomic E-state index is -0.467. The first kappa shape index (κ1) is 15.2. The third-order valence-electron chi connectivity index (χ3n) is 4.04. The average molecular weight is 315 g/mol. The molecule has 1 saturated heterocycles. The van der Waals surface area contributed by atoms with E-state index >= 15 is 0 Å². The van der Waals surface area contributed by atoms with Gasteiger partial charge in [-0.15, -0.1) is 0 Å². The molecule has 1 amide bonds. The lowest BCUT2D eigenvalue weighted by Crippen LogP contribution is -2.30. The molecule has 8 nitrogen and oxygen atoms in total. The van der Waals surface area contributed by atoms with Gasteiger partial charge in [-0.3, -0.25) is 14.9 Å². The molecule has 1 aliphatic rings. The lowest BCUT2D eigenvalue weighted by atomic mass is 10.1. The number of nitro groups is 1. The number of hydrogen-bond donors (Lipinski definition) is 1. The first-order valence-electron chi connectivity index (χ1n) is 7.39. The number of rotatable bonds is 4. The van der Waals surface area contributed by atoms with Crippen LogP contribution >= 0.6 is 0 Å². The maximum atomic E-state index is 12.4. The van der Waals surface area contributed by atoms with Gasteiger partial charge in [0.1, 0.15) is 5.69 Å². The third-order valence-corrected chi connectivity index (χ3v) is 4.04. The zero-order valence-electron chi connectivity index (χ0n) is 12.5. The van der Waals surface area contributed by atoms with Gasteiger partial charge >= 0.3 is 0 Å². The first-order valence-corrected chi connectivity index (χ1v) is 7.39. The number of benzene rings is 1. The number of carbonyl (C=O) groups is 1. The van der Waals surface area contributed by atoms with Gasteiger partial charge in [-0.25, -0.2) is 4.68 Å². The number of carbonyl (C=O) groups excluding carboxylic acids is 1. The number of amides is 1. The minimum Gasteiger partial charge on any atom is -0.337 e. The van der Waals surface area contributed by atoms with E-state index in [0.29, 0.717) is 31.2 Å². The lowest BCUT2D eigenvalue weighted by Gasteiger charge is -2.14. The van der Waals surface area contributed by atoms with E-state index in [0.717, 1.165) is 6.42 Å². The summed E-state index contributed by atoms with van der Waals surface area (Å²) in [5, 5.41) is 15.3. The highest BCUT2D eigenvalue weighted by atomic mass is 16.6. The standard InChI is InChI=1S/C15H17N5O3/c16-9-11-5-7-18(10-11)15(21)12-6-8-19(17-12)13-3-1-2-4-14(13)20(22)23/h1-4,6,8,11H,5,7,9-10,16H2. The molecule has 23 heavy (non-hydrogen) atoms. The number of hydrogen-bond acceptors (Lipinski definition) is 5. The highest BCUT2D eigenvalue weighted by Crippen LogP contribution is 2.22. The van der Waals surface area contributed by atoms with Crippen molar-refractivity contribution >= 4 is 11.6 Å². The van der Waals surface area contributed by atoms with Crippen molar-refractivity contribution in [3.05, 3.63) is 52.3 Å². The summed E-state index contributed by atoms with van der Waals surface area (Å²) < 4.78 is 1.36. The van der Waals surface area contributed by atoms with Gasteiger partial charge < -0.3 is 10.6 Å². The lowest BCUT2D eigenvalue weighted by molar-refractivity contribution is -0.384. The van der Waals surface area contributed by atoms with Crippen LogP contribution in [-0.4, -0.2) is 45.1 Å². The van der Waals surface area contributed by atoms with Crippen LogP contribution < -0.4 is 5.73 Å². The third kappa shape index (κ3) is 2.93. The molecule has 1 unspecified atom stereocenters. The summed E-state index contributed by atoms with van der Waals surface area (Å²) >= 11 is 0. The molecule has 0 spiro atoms. The molecule has 0 bridgehead atoms. The number of para-hydroxylation sites is 2. The van der Waals surface area contributed by atoms with E-state index < -0.39 is 4.92 Å². The van der Waals surface area contributed by atoms with Gasteiger partial charge in [0.2, 0.25) is 0 Å². The number of nitrogens with two attached hydrogens (primary N) is 1. The van der Waals surface area contributed by atoms with E-state index in [-0.39, 0.29) is 17.3 Å². The molecular formula is C15H17N5O3. The van der Waals surface area contributed by atoms with Crippen molar-refractivity contribution in [1.29, 1.82) is 0 Å². The molecule has 1 aromatic carbocycles. The van der Waals surface area contributed by atoms with Crippen LogP contribution in [0.3, 0.4) is 0 Å². The van der Waals surface area contributed by atoms with E-state index in [1.165, 1.54) is 10.7 Å². The molecule has 0 saturated carbocycles. The summed E-state index contributed by atoms with van der Waals surface area (Å²) in [4.78, 5) is 24.8. The predicted octanol–water partition coefficient (Wildman–Crippen LogP) is 1.20. The van der Waals surface area contributed by atoms with Gasteiger partial charge in [-0.05, 0) is 31.0 Å². The Morgan fingerprint density at radius 2 is 2.17 bits per heavy atom. The first-order chi connectivity index (χ1) is 11.1. The van der Waals surface area contributed by atoms with E-state index in [4.69, 9.17) is 5.73 Å². The van der Waals surface area contributed by atoms with Gasteiger partial charge in [-0.1, -0.05) is 12.1 Å². The van der Waals surface area contributed by atoms with Crippen molar-refractivity contribution < 1.29 is 9.72 Å². The number of likely N-dealkylation sites (tertiary alicyclic amines) is 1. The molecule has 0 radical (unpaired) electrons. The summed E-state index contributed by atoms with van der Waals surface area (Å²) in [6, 6.07) is 7.87. The Kier molecular flexibility index (Phi) is 4.07. The van der Waals surface area contributed by atoms with Crippen molar-refractivity contribution in [1.82, 2.24) is 14.7 Å². The summed E-state index contributed by atoms with van der Waals surface area (Å²) in [6.45, 7) is 1.86. The average Bonchev–Trinajstić information content (AvgIpc) is 3.23. The number of aromatic nitrogens is 2. The minimum absolute atomic E-state index is 0.0565. The Bertz CT molecular complexity index is 742. The molecule has 8 heteroatoms. The summed E-state index contributed by atoms with van der Waals surface area (Å²) in [5.41, 5.74) is 6.19. The van der Waals surface area contributed by atoms with Gasteiger partial charge in [0.15, 0.2) is 5.69 Å². The maximum Gasteiger partial charge on any atom is 0.294 e. The Hall–Kier alpha value is -2.74. The molecule has 120 valence electrons. The van der Waals surface area contributed by atoms with E-state index in [9.17, 15) is 14.9 Å². The van der Waals surface area contributed by atoms with Crippen LogP contribution in [-0.2, 0) is 0 Å². The smallest absolute Gasteiger partial charge is 0.294 e. The Morgan fingerprint density at radius 1 is 1.39 bits per heavy atom. The quantitative estimate of drug-likeness (QED) is 0.674. The van der Waals surface area contributed by atoms with Crippen molar-refractivity contribution in [3.8, 4) is 5.69 Å². The van der Waals surface area contributed by atoms with Gasteiger partial charge in [0.25, 0.3) is 11.6 Å². The van der Waals surface area contributed by atoms with Gasteiger partial charge in [0.05, 0.1) is 4.92 Å². The highest BCUT2D eigenvalue weighted by Gasteiger charge is 2.27. The summed E-state index contributed by atoms with van der Waals surface area (Å²) in [7, 11) is 0. The van der Waals surface area contributed by atoms with E-state index in [1.807, 2.05) is 0 Å². The molecule has 1 fully saturated rings. The largest absolute Gasteiger partial charge is 0.337 e. The van der Waals surface area contributed by atoms with Gasteiger partial charge in [0, 0.05) is 25.4 Å². The summed E-state index contributed by atoms with van der Waals surface area (Å²) in [5.74, 6) is 0.162. The molecule has 0 aliphatic carbocycles. The topological polar surface area (TPSA) is 107 Å². The molecule has 2 aromatic rings. The molecule has 1 aromatic heterocycles. The molecule has 2 N–H and O–H groups in total. The zero-order valence-corrected chi connectivity index (χ0v) is 12.5. The molecule has 1 aliphatic heterocycles. The van der Waals surface area contributed by atoms with E-state index in [2.05, 4.69) is 5.10 Å². The SMILES string of the molecule is NCC1CCN(C(=O)c2ccn(-c3ccccc3[N+](=O)[O-])n2)C1. The monoisotopic (exact) mass is 315 g/mol.